The molecule has 1 aromatic carbocycles. The highest BCUT2D eigenvalue weighted by Crippen LogP contribution is 2.27. The van der Waals surface area contributed by atoms with Crippen molar-refractivity contribution in [2.45, 2.75) is 13.5 Å². The van der Waals surface area contributed by atoms with Crippen molar-refractivity contribution in [3.05, 3.63) is 23.5 Å². The lowest BCUT2D eigenvalue weighted by molar-refractivity contribution is 0.277. The number of aryl methyl sites for hydroxylation is 2. The zero-order valence-electron chi connectivity index (χ0n) is 10.2. The van der Waals surface area contributed by atoms with Crippen LogP contribution in [-0.2, 0) is 13.7 Å². The second kappa shape index (κ2) is 3.64. The molecular formula is C12H13N5O. The molecule has 0 atom stereocenters. The molecule has 2 aromatic heterocycles. The number of nitrogens with two attached hydrogens (primary N) is 1. The summed E-state index contributed by atoms with van der Waals surface area (Å²) in [5.41, 5.74) is 10.5. The van der Waals surface area contributed by atoms with Crippen LogP contribution in [0, 0.1) is 6.92 Å². The van der Waals surface area contributed by atoms with Crippen LogP contribution in [0.5, 0.6) is 0 Å². The molecule has 6 heteroatoms. The molecule has 3 aromatic rings. The van der Waals surface area contributed by atoms with E-state index in [4.69, 9.17) is 10.8 Å². The molecule has 0 aliphatic carbocycles. The van der Waals surface area contributed by atoms with E-state index in [-0.39, 0.29) is 6.61 Å². The Bertz CT molecular complexity index is 762. The predicted molar refractivity (Wildman–Crippen MR) is 68.9 cm³/mol. The first-order valence-corrected chi connectivity index (χ1v) is 5.60. The Morgan fingerprint density at radius 3 is 2.83 bits per heavy atom. The quantitative estimate of drug-likeness (QED) is 0.662. The molecule has 0 saturated carbocycles. The molecule has 3 N–H and O–H groups in total. The lowest BCUT2D eigenvalue weighted by Gasteiger charge is -2.04. The van der Waals surface area contributed by atoms with Gasteiger partial charge in [-0.3, -0.25) is 4.98 Å². The summed E-state index contributed by atoms with van der Waals surface area (Å²) in [6.07, 6.45) is 1.57. The van der Waals surface area contributed by atoms with Gasteiger partial charge in [0.05, 0.1) is 29.5 Å². The van der Waals surface area contributed by atoms with Crippen LogP contribution >= 0.6 is 0 Å². The molecule has 0 saturated heterocycles. The van der Waals surface area contributed by atoms with Gasteiger partial charge in [0, 0.05) is 7.05 Å². The molecule has 0 bridgehead atoms. The molecule has 92 valence electrons. The molecule has 6 nitrogen and oxygen atoms in total. The Hall–Kier alpha value is -2.21. The summed E-state index contributed by atoms with van der Waals surface area (Å²) in [6.45, 7) is 1.85. The maximum absolute atomic E-state index is 9.13. The minimum atomic E-state index is -0.138. The normalized spacial score (nSPS) is 11.5. The summed E-state index contributed by atoms with van der Waals surface area (Å²) in [5.74, 6) is 0.441. The monoisotopic (exact) mass is 243 g/mol. The van der Waals surface area contributed by atoms with E-state index < -0.39 is 0 Å². The summed E-state index contributed by atoms with van der Waals surface area (Å²) >= 11 is 0. The number of nitrogen functional groups attached to an aromatic ring is 1. The number of anilines is 1. The van der Waals surface area contributed by atoms with Gasteiger partial charge in [-0.25, -0.2) is 9.97 Å². The summed E-state index contributed by atoms with van der Waals surface area (Å²) in [7, 11) is 1.87. The Kier molecular flexibility index (Phi) is 2.21. The van der Waals surface area contributed by atoms with E-state index in [9.17, 15) is 0 Å². The number of imidazole rings is 1. The third kappa shape index (κ3) is 1.36. The molecule has 0 unspecified atom stereocenters. The lowest BCUT2D eigenvalue weighted by atomic mass is 10.1. The zero-order valence-corrected chi connectivity index (χ0v) is 10.2. The molecule has 0 spiro atoms. The second-order valence-electron chi connectivity index (χ2n) is 4.31. The molecule has 18 heavy (non-hydrogen) atoms. The van der Waals surface area contributed by atoms with Gasteiger partial charge in [0.25, 0.3) is 0 Å². The minimum Gasteiger partial charge on any atom is -0.390 e. The minimum absolute atomic E-state index is 0.138. The van der Waals surface area contributed by atoms with E-state index in [2.05, 4.69) is 15.0 Å². The van der Waals surface area contributed by atoms with Gasteiger partial charge in [-0.1, -0.05) is 0 Å². The van der Waals surface area contributed by atoms with Gasteiger partial charge in [0.1, 0.15) is 11.0 Å². The molecule has 0 aliphatic rings. The van der Waals surface area contributed by atoms with Crippen LogP contribution in [0.2, 0.25) is 0 Å². The van der Waals surface area contributed by atoms with Crippen molar-refractivity contribution in [1.82, 2.24) is 19.5 Å². The second-order valence-corrected chi connectivity index (χ2v) is 4.31. The van der Waals surface area contributed by atoms with Gasteiger partial charge in [-0.2, -0.15) is 0 Å². The van der Waals surface area contributed by atoms with Crippen LogP contribution in [0.4, 0.5) is 5.95 Å². The Morgan fingerprint density at radius 1 is 1.33 bits per heavy atom. The highest BCUT2D eigenvalue weighted by molar-refractivity contribution is 6.02. The van der Waals surface area contributed by atoms with Gasteiger partial charge in [-0.15, -0.1) is 0 Å². The Labute approximate surface area is 103 Å². The van der Waals surface area contributed by atoms with E-state index in [0.717, 1.165) is 22.1 Å². The summed E-state index contributed by atoms with van der Waals surface area (Å²) in [5, 5.41) is 9.13. The largest absolute Gasteiger partial charge is 0.390 e. The van der Waals surface area contributed by atoms with E-state index in [0.29, 0.717) is 17.2 Å². The van der Waals surface area contributed by atoms with E-state index in [1.165, 1.54) is 0 Å². The standard InChI is InChI=1S/C12H13N5O/c1-6-3-8-9(15-7(5-18)4-14-8)10-11(6)17(2)12(13)16-10/h3-4,18H,5H2,1-2H3,(H2,13,16). The predicted octanol–water partition coefficient (Wildman–Crippen LogP) is 0.899. The SMILES string of the molecule is Cc1cc2ncc(CO)nc2c2nc(N)n(C)c12. The number of aromatic nitrogens is 4. The Morgan fingerprint density at radius 2 is 2.11 bits per heavy atom. The fourth-order valence-electron chi connectivity index (χ4n) is 2.20. The van der Waals surface area contributed by atoms with E-state index >= 15 is 0 Å². The number of hydrogen-bond acceptors (Lipinski definition) is 5. The van der Waals surface area contributed by atoms with Crippen molar-refractivity contribution >= 4 is 28.0 Å². The van der Waals surface area contributed by atoms with Crippen molar-refractivity contribution in [2.75, 3.05) is 5.73 Å². The molecule has 0 fully saturated rings. The fraction of sp³-hybridized carbons (Fsp3) is 0.250. The maximum Gasteiger partial charge on any atom is 0.201 e. The number of rotatable bonds is 1. The van der Waals surface area contributed by atoms with E-state index in [1.54, 1.807) is 6.20 Å². The first-order valence-electron chi connectivity index (χ1n) is 5.60. The summed E-state index contributed by atoms with van der Waals surface area (Å²) < 4.78 is 1.83. The van der Waals surface area contributed by atoms with Gasteiger partial charge in [0.15, 0.2) is 0 Å². The van der Waals surface area contributed by atoms with Crippen molar-refractivity contribution in [3.8, 4) is 0 Å². The zero-order chi connectivity index (χ0) is 12.9. The molecule has 3 rings (SSSR count). The molecule has 2 heterocycles. The van der Waals surface area contributed by atoms with E-state index in [1.807, 2.05) is 24.6 Å². The topological polar surface area (TPSA) is 89.8 Å². The van der Waals surface area contributed by atoms with Gasteiger partial charge in [-0.05, 0) is 18.6 Å². The maximum atomic E-state index is 9.13. The number of hydrogen-bond donors (Lipinski definition) is 2. The van der Waals surface area contributed by atoms with Crippen LogP contribution in [0.25, 0.3) is 22.1 Å². The molecule has 0 radical (unpaired) electrons. The van der Waals surface area contributed by atoms with Crippen LogP contribution < -0.4 is 5.73 Å². The van der Waals surface area contributed by atoms with Crippen molar-refractivity contribution in [3.63, 3.8) is 0 Å². The Balaban J connectivity index is 2.53. The summed E-state index contributed by atoms with van der Waals surface area (Å²) in [4.78, 5) is 13.0. The highest BCUT2D eigenvalue weighted by atomic mass is 16.3. The number of benzene rings is 1. The highest BCUT2D eigenvalue weighted by Gasteiger charge is 2.13. The smallest absolute Gasteiger partial charge is 0.201 e. The molecule has 0 amide bonds. The summed E-state index contributed by atoms with van der Waals surface area (Å²) in [6, 6.07) is 1.95. The number of aliphatic hydroxyl groups excluding tert-OH is 1. The van der Waals surface area contributed by atoms with Crippen LogP contribution in [0.15, 0.2) is 12.3 Å². The number of fused-ring (bicyclic) bond motifs is 3. The first-order chi connectivity index (χ1) is 8.61. The van der Waals surface area contributed by atoms with Crippen LogP contribution in [0.1, 0.15) is 11.3 Å². The van der Waals surface area contributed by atoms with Gasteiger partial charge >= 0.3 is 0 Å². The third-order valence-corrected chi connectivity index (χ3v) is 3.09. The van der Waals surface area contributed by atoms with Gasteiger partial charge in [0.2, 0.25) is 5.95 Å². The van der Waals surface area contributed by atoms with Gasteiger partial charge < -0.3 is 15.4 Å². The fourth-order valence-corrected chi connectivity index (χ4v) is 2.20. The number of aliphatic hydroxyl groups is 1. The molecular weight excluding hydrogens is 230 g/mol. The van der Waals surface area contributed by atoms with Crippen molar-refractivity contribution in [2.24, 2.45) is 7.05 Å². The third-order valence-electron chi connectivity index (χ3n) is 3.09. The average Bonchev–Trinajstić information content (AvgIpc) is 2.66. The lowest BCUT2D eigenvalue weighted by Crippen LogP contribution is -1.97. The van der Waals surface area contributed by atoms with Crippen molar-refractivity contribution < 1.29 is 5.11 Å². The molecule has 0 aliphatic heterocycles. The average molecular weight is 243 g/mol. The first kappa shape index (κ1) is 10.9. The van der Waals surface area contributed by atoms with Crippen LogP contribution in [0.3, 0.4) is 0 Å². The van der Waals surface area contributed by atoms with Crippen molar-refractivity contribution in [1.29, 1.82) is 0 Å². The van der Waals surface area contributed by atoms with Crippen LogP contribution in [-0.4, -0.2) is 24.6 Å². The number of nitrogens with zero attached hydrogens (tertiary/aromatic N) is 4.